The first-order chi connectivity index (χ1) is 14.7. The van der Waals surface area contributed by atoms with Crippen molar-refractivity contribution in [3.63, 3.8) is 0 Å². The van der Waals surface area contributed by atoms with Crippen LogP contribution in [0.15, 0.2) is 48.5 Å². The van der Waals surface area contributed by atoms with Crippen molar-refractivity contribution >= 4 is 36.9 Å². The summed E-state index contributed by atoms with van der Waals surface area (Å²) < 4.78 is 0. The van der Waals surface area contributed by atoms with Gasteiger partial charge in [0, 0.05) is 12.2 Å². The highest BCUT2D eigenvalue weighted by Gasteiger charge is 2.45. The number of amides is 3. The summed E-state index contributed by atoms with van der Waals surface area (Å²) in [7, 11) is 2.00. The Morgan fingerprint density at radius 3 is 2.35 bits per heavy atom. The van der Waals surface area contributed by atoms with Crippen molar-refractivity contribution in [2.45, 2.75) is 45.8 Å². The van der Waals surface area contributed by atoms with Gasteiger partial charge in [0.25, 0.3) is 5.91 Å². The van der Waals surface area contributed by atoms with Crippen LogP contribution >= 0.6 is 0 Å². The molecule has 1 atom stereocenters. The molecule has 1 saturated heterocycles. The van der Waals surface area contributed by atoms with Crippen molar-refractivity contribution in [2.75, 3.05) is 5.32 Å². The van der Waals surface area contributed by atoms with E-state index in [9.17, 15) is 9.59 Å². The van der Waals surface area contributed by atoms with Gasteiger partial charge >= 0.3 is 6.03 Å². The average molecular weight is 419 g/mol. The molecular formula is C23H30BN5O2. The molecule has 1 fully saturated rings. The highest BCUT2D eigenvalue weighted by molar-refractivity contribution is 6.32. The topological polar surface area (TPSA) is 97.3 Å². The minimum Gasteiger partial charge on any atom is -0.342 e. The molecule has 1 aliphatic heterocycles. The second-order valence-corrected chi connectivity index (χ2v) is 8.79. The Morgan fingerprint density at radius 1 is 1.13 bits per heavy atom. The van der Waals surface area contributed by atoms with E-state index in [-0.39, 0.29) is 17.9 Å². The first-order valence-corrected chi connectivity index (χ1v) is 10.5. The van der Waals surface area contributed by atoms with Gasteiger partial charge in [-0.25, -0.2) is 4.79 Å². The molecule has 0 radical (unpaired) electrons. The smallest absolute Gasteiger partial charge is 0.319 e. The standard InChI is InChI=1S/C23H30BN5O2/c1-15(2)12-23(3)20(30)29(21(25)28-23)14-17-6-4-16(5-7-17)13-26-22(31)27-19-10-8-18(24)9-11-19/h4-11,15H,12-14,24H2,1-3H3,(H2,25,28)(H2,26,27,31). The number of urea groups is 1. The molecule has 31 heavy (non-hydrogen) atoms. The van der Waals surface area contributed by atoms with Crippen molar-refractivity contribution in [3.05, 3.63) is 59.7 Å². The lowest BCUT2D eigenvalue weighted by molar-refractivity contribution is -0.131. The van der Waals surface area contributed by atoms with Crippen LogP contribution in [0.1, 0.15) is 38.3 Å². The maximum Gasteiger partial charge on any atom is 0.319 e. The van der Waals surface area contributed by atoms with Crippen molar-refractivity contribution in [1.82, 2.24) is 15.5 Å². The lowest BCUT2D eigenvalue weighted by atomic mass is 9.91. The lowest BCUT2D eigenvalue weighted by Gasteiger charge is -2.24. The van der Waals surface area contributed by atoms with E-state index in [4.69, 9.17) is 5.41 Å². The highest BCUT2D eigenvalue weighted by atomic mass is 16.2. The molecule has 0 aliphatic carbocycles. The maximum absolute atomic E-state index is 12.9. The van der Waals surface area contributed by atoms with Crippen LogP contribution in [0.25, 0.3) is 0 Å². The Bertz CT molecular complexity index is 959. The SMILES string of the molecule is Bc1ccc(NC(=O)NCc2ccc(CN3C(=N)NC(C)(CC(C)C)C3=O)cc2)cc1. The fourth-order valence-corrected chi connectivity index (χ4v) is 3.83. The van der Waals surface area contributed by atoms with E-state index in [1.807, 2.05) is 63.3 Å². The van der Waals surface area contributed by atoms with E-state index in [1.165, 1.54) is 4.90 Å². The van der Waals surface area contributed by atoms with Gasteiger partial charge in [-0.15, -0.1) is 0 Å². The first-order valence-electron chi connectivity index (χ1n) is 10.5. The monoisotopic (exact) mass is 419 g/mol. The summed E-state index contributed by atoms with van der Waals surface area (Å²) in [6, 6.07) is 15.0. The largest absolute Gasteiger partial charge is 0.342 e. The summed E-state index contributed by atoms with van der Waals surface area (Å²) in [5.41, 5.74) is 3.04. The van der Waals surface area contributed by atoms with Gasteiger partial charge in [0.2, 0.25) is 0 Å². The maximum atomic E-state index is 12.9. The molecule has 2 aromatic rings. The van der Waals surface area contributed by atoms with Gasteiger partial charge in [0.05, 0.1) is 6.54 Å². The molecule has 0 bridgehead atoms. The van der Waals surface area contributed by atoms with Crippen LogP contribution in [0.5, 0.6) is 0 Å². The molecule has 7 nitrogen and oxygen atoms in total. The Kier molecular flexibility index (Phi) is 6.68. The van der Waals surface area contributed by atoms with Crippen molar-refractivity contribution in [3.8, 4) is 0 Å². The Balaban J connectivity index is 1.53. The first kappa shape index (κ1) is 22.4. The van der Waals surface area contributed by atoms with E-state index in [1.54, 1.807) is 0 Å². The second-order valence-electron chi connectivity index (χ2n) is 8.79. The number of hydrogen-bond acceptors (Lipinski definition) is 3. The highest BCUT2D eigenvalue weighted by Crippen LogP contribution is 2.26. The molecular weight excluding hydrogens is 389 g/mol. The zero-order chi connectivity index (χ0) is 22.6. The van der Waals surface area contributed by atoms with Gasteiger partial charge in [-0.3, -0.25) is 15.1 Å². The second kappa shape index (κ2) is 9.24. The predicted molar refractivity (Wildman–Crippen MR) is 126 cm³/mol. The molecule has 8 heteroatoms. The Hall–Kier alpha value is -3.29. The molecule has 4 N–H and O–H groups in total. The molecule has 0 saturated carbocycles. The lowest BCUT2D eigenvalue weighted by Crippen LogP contribution is -2.44. The van der Waals surface area contributed by atoms with E-state index in [0.29, 0.717) is 25.4 Å². The van der Waals surface area contributed by atoms with Crippen LogP contribution in [0, 0.1) is 11.3 Å². The van der Waals surface area contributed by atoms with Crippen molar-refractivity contribution in [2.24, 2.45) is 5.92 Å². The number of hydrogen-bond donors (Lipinski definition) is 4. The number of carbonyl (C=O) groups excluding carboxylic acids is 2. The fourth-order valence-electron chi connectivity index (χ4n) is 3.83. The number of anilines is 1. The summed E-state index contributed by atoms with van der Waals surface area (Å²) in [4.78, 5) is 26.4. The number of guanidine groups is 1. The predicted octanol–water partition coefficient (Wildman–Crippen LogP) is 1.94. The number of nitrogens with zero attached hydrogens (tertiary/aromatic N) is 1. The molecule has 2 aromatic carbocycles. The number of nitrogens with one attached hydrogen (secondary N) is 4. The zero-order valence-corrected chi connectivity index (χ0v) is 18.6. The van der Waals surface area contributed by atoms with E-state index >= 15 is 0 Å². The van der Waals surface area contributed by atoms with E-state index < -0.39 is 5.54 Å². The van der Waals surface area contributed by atoms with Crippen LogP contribution in [0.2, 0.25) is 0 Å². The third-order valence-electron chi connectivity index (χ3n) is 5.32. The summed E-state index contributed by atoms with van der Waals surface area (Å²) >= 11 is 0. The van der Waals surface area contributed by atoms with Gasteiger partial charge in [0.1, 0.15) is 13.4 Å². The van der Waals surface area contributed by atoms with Crippen LogP contribution in [-0.2, 0) is 17.9 Å². The van der Waals surface area contributed by atoms with Gasteiger partial charge in [-0.05, 0) is 42.5 Å². The quantitative estimate of drug-likeness (QED) is 0.517. The molecule has 162 valence electrons. The minimum absolute atomic E-state index is 0.0651. The summed E-state index contributed by atoms with van der Waals surface area (Å²) in [6.45, 7) is 6.74. The van der Waals surface area contributed by atoms with Crippen molar-refractivity contribution in [1.29, 1.82) is 5.41 Å². The molecule has 3 rings (SSSR count). The zero-order valence-electron chi connectivity index (χ0n) is 18.6. The molecule has 1 aliphatic rings. The Morgan fingerprint density at radius 2 is 1.74 bits per heavy atom. The number of rotatable bonds is 7. The van der Waals surface area contributed by atoms with Gasteiger partial charge < -0.3 is 16.0 Å². The molecule has 0 spiro atoms. The minimum atomic E-state index is -0.722. The molecule has 1 unspecified atom stereocenters. The van der Waals surface area contributed by atoms with Gasteiger partial charge in [-0.2, -0.15) is 0 Å². The Labute approximate surface area is 184 Å². The summed E-state index contributed by atoms with van der Waals surface area (Å²) in [5.74, 6) is 0.431. The van der Waals surface area contributed by atoms with Gasteiger partial charge in [0.15, 0.2) is 5.96 Å². The normalized spacial score (nSPS) is 18.3. The van der Waals surface area contributed by atoms with Crippen LogP contribution in [-0.4, -0.2) is 36.2 Å². The van der Waals surface area contributed by atoms with Crippen LogP contribution in [0.3, 0.4) is 0 Å². The van der Waals surface area contributed by atoms with E-state index in [2.05, 4.69) is 29.8 Å². The van der Waals surface area contributed by atoms with Crippen LogP contribution in [0.4, 0.5) is 10.5 Å². The summed E-state index contributed by atoms with van der Waals surface area (Å²) in [6.07, 6.45) is 0.681. The average Bonchev–Trinajstić information content (AvgIpc) is 2.91. The summed E-state index contributed by atoms with van der Waals surface area (Å²) in [5, 5.41) is 16.9. The molecule has 0 aromatic heterocycles. The molecule has 1 heterocycles. The third kappa shape index (κ3) is 5.66. The molecule has 3 amide bonds. The number of benzene rings is 2. The van der Waals surface area contributed by atoms with Crippen molar-refractivity contribution < 1.29 is 9.59 Å². The van der Waals surface area contributed by atoms with Crippen LogP contribution < -0.4 is 21.4 Å². The number of carbonyl (C=O) groups is 2. The third-order valence-corrected chi connectivity index (χ3v) is 5.32. The van der Waals surface area contributed by atoms with E-state index in [0.717, 1.165) is 22.3 Å². The fraction of sp³-hybridized carbons (Fsp3) is 0.348. The van der Waals surface area contributed by atoms with Gasteiger partial charge in [-0.1, -0.05) is 55.7 Å².